The molecule has 1 aliphatic heterocycles. The lowest BCUT2D eigenvalue weighted by atomic mass is 10.2. The molecular weight excluding hydrogens is 405 g/mol. The molecule has 1 aliphatic rings. The van der Waals surface area contributed by atoms with Gasteiger partial charge in [0.05, 0.1) is 11.3 Å². The fourth-order valence-corrected chi connectivity index (χ4v) is 3.84. The topological polar surface area (TPSA) is 80.3 Å². The Morgan fingerprint density at radius 2 is 2.03 bits per heavy atom. The molecule has 0 unspecified atom stereocenters. The van der Waals surface area contributed by atoms with E-state index >= 15 is 0 Å². The molecule has 30 heavy (non-hydrogen) atoms. The number of hydrogen-bond donors (Lipinski definition) is 2. The Bertz CT molecular complexity index is 1110. The SMILES string of the molecule is C[C@@H]1Oc2ccc(NC(=O)c3cccnc3SCc3ccc(F)cc3)cc2NC1=O. The van der Waals surface area contributed by atoms with E-state index in [9.17, 15) is 14.0 Å². The second-order valence-corrected chi connectivity index (χ2v) is 7.65. The summed E-state index contributed by atoms with van der Waals surface area (Å²) < 4.78 is 18.6. The van der Waals surface area contributed by atoms with Gasteiger partial charge in [-0.1, -0.05) is 12.1 Å². The van der Waals surface area contributed by atoms with Crippen LogP contribution in [-0.2, 0) is 10.5 Å². The highest BCUT2D eigenvalue weighted by atomic mass is 32.2. The quantitative estimate of drug-likeness (QED) is 0.592. The number of thioether (sulfide) groups is 1. The third-order valence-corrected chi connectivity index (χ3v) is 5.55. The van der Waals surface area contributed by atoms with Crippen LogP contribution in [0, 0.1) is 5.82 Å². The molecule has 2 N–H and O–H groups in total. The molecule has 1 atom stereocenters. The predicted octanol–water partition coefficient (Wildman–Crippen LogP) is 4.48. The van der Waals surface area contributed by atoms with Gasteiger partial charge in [-0.15, -0.1) is 11.8 Å². The number of fused-ring (bicyclic) bond motifs is 1. The third kappa shape index (κ3) is 4.44. The molecular formula is C22H18FN3O3S. The minimum Gasteiger partial charge on any atom is -0.479 e. The first-order valence-corrected chi connectivity index (χ1v) is 10.2. The number of aromatic nitrogens is 1. The summed E-state index contributed by atoms with van der Waals surface area (Å²) in [6.07, 6.45) is 1.06. The summed E-state index contributed by atoms with van der Waals surface area (Å²) in [5, 5.41) is 6.16. The van der Waals surface area contributed by atoms with Gasteiger partial charge in [-0.05, 0) is 55.0 Å². The molecule has 3 aromatic rings. The number of halogens is 1. The van der Waals surface area contributed by atoms with E-state index in [-0.39, 0.29) is 17.6 Å². The fraction of sp³-hybridized carbons (Fsp3) is 0.136. The first-order valence-electron chi connectivity index (χ1n) is 9.25. The van der Waals surface area contributed by atoms with Crippen LogP contribution in [0.3, 0.4) is 0 Å². The number of amides is 2. The Morgan fingerprint density at radius 1 is 1.23 bits per heavy atom. The standard InChI is InChI=1S/C22H18FN3O3S/c1-13-20(27)26-18-11-16(8-9-19(18)29-13)25-21(28)17-3-2-10-24-22(17)30-12-14-4-6-15(23)7-5-14/h2-11,13H,12H2,1H3,(H,25,28)(H,26,27)/t13-/m0/s1. The van der Waals surface area contributed by atoms with Crippen molar-refractivity contribution < 1.29 is 18.7 Å². The fourth-order valence-electron chi connectivity index (χ4n) is 2.90. The van der Waals surface area contributed by atoms with Gasteiger partial charge in [0.2, 0.25) is 0 Å². The first-order chi connectivity index (χ1) is 14.5. The average Bonchev–Trinajstić information content (AvgIpc) is 2.74. The van der Waals surface area contributed by atoms with E-state index in [4.69, 9.17) is 4.74 Å². The Kier molecular flexibility index (Phi) is 5.67. The second kappa shape index (κ2) is 8.54. The minimum atomic E-state index is -0.561. The first kappa shape index (κ1) is 19.9. The van der Waals surface area contributed by atoms with Crippen LogP contribution in [0.5, 0.6) is 5.75 Å². The molecule has 152 valence electrons. The molecule has 8 heteroatoms. The summed E-state index contributed by atoms with van der Waals surface area (Å²) in [4.78, 5) is 29.0. The smallest absolute Gasteiger partial charge is 0.265 e. The lowest BCUT2D eigenvalue weighted by molar-refractivity contribution is -0.122. The molecule has 2 aromatic carbocycles. The number of nitrogens with one attached hydrogen (secondary N) is 2. The zero-order valence-corrected chi connectivity index (χ0v) is 16.8. The Labute approximate surface area is 176 Å². The van der Waals surface area contributed by atoms with Gasteiger partial charge in [0, 0.05) is 17.6 Å². The third-order valence-electron chi connectivity index (χ3n) is 4.47. The number of hydrogen-bond acceptors (Lipinski definition) is 5. The minimum absolute atomic E-state index is 0.238. The summed E-state index contributed by atoms with van der Waals surface area (Å²) in [5.41, 5.74) is 2.39. The molecule has 2 amide bonds. The molecule has 0 saturated heterocycles. The average molecular weight is 423 g/mol. The Hall–Kier alpha value is -3.39. The van der Waals surface area contributed by atoms with E-state index in [2.05, 4.69) is 15.6 Å². The van der Waals surface area contributed by atoms with Crippen LogP contribution in [0.1, 0.15) is 22.8 Å². The van der Waals surface area contributed by atoms with E-state index in [1.165, 1.54) is 23.9 Å². The van der Waals surface area contributed by atoms with Crippen LogP contribution in [0.2, 0.25) is 0 Å². The summed E-state index contributed by atoms with van der Waals surface area (Å²) in [6, 6.07) is 14.7. The van der Waals surface area contributed by atoms with Crippen molar-refractivity contribution in [1.82, 2.24) is 4.98 Å². The van der Waals surface area contributed by atoms with Gasteiger partial charge in [0.1, 0.15) is 16.6 Å². The molecule has 2 heterocycles. The van der Waals surface area contributed by atoms with Crippen molar-refractivity contribution in [3.05, 3.63) is 77.7 Å². The molecule has 0 aliphatic carbocycles. The largest absolute Gasteiger partial charge is 0.479 e. The molecule has 0 spiro atoms. The number of nitrogens with zero attached hydrogens (tertiary/aromatic N) is 1. The van der Waals surface area contributed by atoms with Gasteiger partial charge in [0.25, 0.3) is 11.8 Å². The van der Waals surface area contributed by atoms with Gasteiger partial charge in [0.15, 0.2) is 6.10 Å². The maximum Gasteiger partial charge on any atom is 0.265 e. The summed E-state index contributed by atoms with van der Waals surface area (Å²) in [5.74, 6) is 0.261. The molecule has 0 radical (unpaired) electrons. The van der Waals surface area contributed by atoms with Crippen molar-refractivity contribution in [1.29, 1.82) is 0 Å². The Morgan fingerprint density at radius 3 is 2.83 bits per heavy atom. The monoisotopic (exact) mass is 423 g/mol. The van der Waals surface area contributed by atoms with Gasteiger partial charge in [-0.2, -0.15) is 0 Å². The molecule has 0 saturated carbocycles. The van der Waals surface area contributed by atoms with Gasteiger partial charge < -0.3 is 15.4 Å². The summed E-state index contributed by atoms with van der Waals surface area (Å²) >= 11 is 1.40. The van der Waals surface area contributed by atoms with Crippen LogP contribution < -0.4 is 15.4 Å². The van der Waals surface area contributed by atoms with Crippen molar-refractivity contribution in [2.24, 2.45) is 0 Å². The molecule has 6 nitrogen and oxygen atoms in total. The van der Waals surface area contributed by atoms with Crippen LogP contribution >= 0.6 is 11.8 Å². The maximum atomic E-state index is 13.1. The number of benzene rings is 2. The summed E-state index contributed by atoms with van der Waals surface area (Å²) in [6.45, 7) is 1.67. The molecule has 1 aromatic heterocycles. The maximum absolute atomic E-state index is 13.1. The van der Waals surface area contributed by atoms with Crippen LogP contribution in [0.4, 0.5) is 15.8 Å². The van der Waals surface area contributed by atoms with Crippen LogP contribution in [0.15, 0.2) is 65.8 Å². The number of carbonyl (C=O) groups is 2. The van der Waals surface area contributed by atoms with E-state index in [0.717, 1.165) is 5.56 Å². The van der Waals surface area contributed by atoms with Crippen molar-refractivity contribution in [3.8, 4) is 5.75 Å². The van der Waals surface area contributed by atoms with E-state index in [1.54, 1.807) is 55.6 Å². The highest BCUT2D eigenvalue weighted by molar-refractivity contribution is 7.98. The summed E-state index contributed by atoms with van der Waals surface area (Å²) in [7, 11) is 0. The second-order valence-electron chi connectivity index (χ2n) is 6.69. The van der Waals surface area contributed by atoms with Gasteiger partial charge in [-0.3, -0.25) is 9.59 Å². The number of anilines is 2. The van der Waals surface area contributed by atoms with Crippen molar-refractivity contribution in [3.63, 3.8) is 0 Å². The number of rotatable bonds is 5. The molecule has 4 rings (SSSR count). The lowest BCUT2D eigenvalue weighted by Gasteiger charge is -2.23. The zero-order valence-electron chi connectivity index (χ0n) is 16.0. The van der Waals surface area contributed by atoms with Crippen molar-refractivity contribution >= 4 is 35.0 Å². The van der Waals surface area contributed by atoms with Crippen molar-refractivity contribution in [2.45, 2.75) is 23.8 Å². The van der Waals surface area contributed by atoms with Gasteiger partial charge >= 0.3 is 0 Å². The Balaban J connectivity index is 1.48. The molecule has 0 fully saturated rings. The highest BCUT2D eigenvalue weighted by Gasteiger charge is 2.24. The zero-order chi connectivity index (χ0) is 21.1. The van der Waals surface area contributed by atoms with E-state index in [1.807, 2.05) is 0 Å². The van der Waals surface area contributed by atoms with Crippen LogP contribution in [0.25, 0.3) is 0 Å². The van der Waals surface area contributed by atoms with Gasteiger partial charge in [-0.25, -0.2) is 9.37 Å². The molecule has 0 bridgehead atoms. The number of carbonyl (C=O) groups excluding carboxylic acids is 2. The number of pyridine rings is 1. The predicted molar refractivity (Wildman–Crippen MR) is 113 cm³/mol. The lowest BCUT2D eigenvalue weighted by Crippen LogP contribution is -2.34. The van der Waals surface area contributed by atoms with Crippen molar-refractivity contribution in [2.75, 3.05) is 10.6 Å². The number of ether oxygens (including phenoxy) is 1. The highest BCUT2D eigenvalue weighted by Crippen LogP contribution is 2.32. The van der Waals surface area contributed by atoms with E-state index in [0.29, 0.717) is 33.5 Å². The van der Waals surface area contributed by atoms with Crippen LogP contribution in [-0.4, -0.2) is 22.9 Å². The van der Waals surface area contributed by atoms with E-state index < -0.39 is 6.10 Å². The normalized spacial score (nSPS) is 15.0.